The summed E-state index contributed by atoms with van der Waals surface area (Å²) in [5.74, 6) is 0.0900. The summed E-state index contributed by atoms with van der Waals surface area (Å²) in [5, 5.41) is 9.01. The summed E-state index contributed by atoms with van der Waals surface area (Å²) in [7, 11) is -3.28. The quantitative estimate of drug-likeness (QED) is 0.800. The summed E-state index contributed by atoms with van der Waals surface area (Å²) >= 11 is 0. The van der Waals surface area contributed by atoms with Crippen LogP contribution in [-0.2, 0) is 16.6 Å². The average Bonchev–Trinajstić information content (AvgIpc) is 2.17. The van der Waals surface area contributed by atoms with Gasteiger partial charge < -0.3 is 5.11 Å². The third kappa shape index (κ3) is 3.53. The predicted molar refractivity (Wildman–Crippen MR) is 60.1 cm³/mol. The number of para-hydroxylation sites is 1. The van der Waals surface area contributed by atoms with Gasteiger partial charge in [0.1, 0.15) is 0 Å². The highest BCUT2D eigenvalue weighted by atomic mass is 32.2. The van der Waals surface area contributed by atoms with Crippen molar-refractivity contribution in [2.45, 2.75) is 20.0 Å². The lowest BCUT2D eigenvalue weighted by Gasteiger charge is -2.10. The Labute approximate surface area is 90.0 Å². The molecule has 0 bridgehead atoms. The molecular formula is C10H15NO3S. The highest BCUT2D eigenvalue weighted by molar-refractivity contribution is 7.92. The fourth-order valence-corrected chi connectivity index (χ4v) is 2.42. The molecule has 0 saturated heterocycles. The number of hydrogen-bond donors (Lipinski definition) is 2. The van der Waals surface area contributed by atoms with Gasteiger partial charge in [-0.3, -0.25) is 4.72 Å². The topological polar surface area (TPSA) is 66.4 Å². The molecule has 0 aliphatic heterocycles. The third-order valence-electron chi connectivity index (χ3n) is 1.93. The van der Waals surface area contributed by atoms with Gasteiger partial charge in [0, 0.05) is 5.56 Å². The van der Waals surface area contributed by atoms with E-state index in [0.29, 0.717) is 17.7 Å². The highest BCUT2D eigenvalue weighted by Gasteiger charge is 2.10. The zero-order valence-corrected chi connectivity index (χ0v) is 9.42. The molecule has 84 valence electrons. The van der Waals surface area contributed by atoms with Gasteiger partial charge in [0.25, 0.3) is 0 Å². The lowest BCUT2D eigenvalue weighted by Crippen LogP contribution is -2.17. The second-order valence-electron chi connectivity index (χ2n) is 3.24. The maximum absolute atomic E-state index is 11.5. The van der Waals surface area contributed by atoms with Crippen LogP contribution < -0.4 is 4.72 Å². The van der Waals surface area contributed by atoms with Crippen molar-refractivity contribution >= 4 is 15.7 Å². The van der Waals surface area contributed by atoms with E-state index in [1.807, 2.05) is 0 Å². The van der Waals surface area contributed by atoms with Crippen molar-refractivity contribution < 1.29 is 13.5 Å². The Morgan fingerprint density at radius 2 is 2.00 bits per heavy atom. The zero-order chi connectivity index (χ0) is 11.3. The van der Waals surface area contributed by atoms with Crippen LogP contribution in [0.3, 0.4) is 0 Å². The molecule has 1 rings (SSSR count). The molecule has 0 saturated carbocycles. The molecule has 0 atom stereocenters. The van der Waals surface area contributed by atoms with Crippen molar-refractivity contribution in [1.29, 1.82) is 0 Å². The molecule has 5 heteroatoms. The summed E-state index contributed by atoms with van der Waals surface area (Å²) in [6.07, 6.45) is 0.566. The van der Waals surface area contributed by atoms with Gasteiger partial charge in [0.2, 0.25) is 10.0 Å². The Kier molecular flexibility index (Phi) is 4.11. The normalized spacial score (nSPS) is 11.3. The molecule has 2 N–H and O–H groups in total. The molecule has 0 aliphatic carbocycles. The minimum absolute atomic E-state index is 0.0900. The Morgan fingerprint density at radius 1 is 1.33 bits per heavy atom. The Bertz CT molecular complexity index is 414. The van der Waals surface area contributed by atoms with E-state index in [1.54, 1.807) is 31.2 Å². The molecule has 1 aromatic rings. The van der Waals surface area contributed by atoms with Crippen LogP contribution in [0.15, 0.2) is 24.3 Å². The van der Waals surface area contributed by atoms with Gasteiger partial charge in [0.15, 0.2) is 0 Å². The monoisotopic (exact) mass is 229 g/mol. The molecule has 0 spiro atoms. The van der Waals surface area contributed by atoms with E-state index in [-0.39, 0.29) is 12.4 Å². The number of aliphatic hydroxyl groups excluding tert-OH is 1. The first kappa shape index (κ1) is 12.0. The second-order valence-corrected chi connectivity index (χ2v) is 5.08. The second kappa shape index (κ2) is 5.14. The van der Waals surface area contributed by atoms with E-state index in [0.717, 1.165) is 0 Å². The largest absolute Gasteiger partial charge is 0.392 e. The Hall–Kier alpha value is -1.07. The van der Waals surface area contributed by atoms with Crippen LogP contribution in [0.4, 0.5) is 5.69 Å². The van der Waals surface area contributed by atoms with Gasteiger partial charge in [-0.15, -0.1) is 0 Å². The van der Waals surface area contributed by atoms with Gasteiger partial charge in [0.05, 0.1) is 18.0 Å². The van der Waals surface area contributed by atoms with E-state index in [9.17, 15) is 8.42 Å². The van der Waals surface area contributed by atoms with Crippen molar-refractivity contribution in [3.05, 3.63) is 29.8 Å². The molecule has 0 amide bonds. The Morgan fingerprint density at radius 3 is 2.60 bits per heavy atom. The average molecular weight is 229 g/mol. The van der Waals surface area contributed by atoms with Crippen molar-refractivity contribution in [3.8, 4) is 0 Å². The minimum Gasteiger partial charge on any atom is -0.392 e. The summed E-state index contributed by atoms with van der Waals surface area (Å²) in [5.41, 5.74) is 1.03. The number of benzene rings is 1. The number of sulfonamides is 1. The van der Waals surface area contributed by atoms with Crippen molar-refractivity contribution in [2.75, 3.05) is 10.5 Å². The predicted octanol–water partition coefficient (Wildman–Crippen LogP) is 1.33. The summed E-state index contributed by atoms with van der Waals surface area (Å²) < 4.78 is 25.4. The van der Waals surface area contributed by atoms with Crippen LogP contribution in [0.2, 0.25) is 0 Å². The van der Waals surface area contributed by atoms with Crippen LogP contribution in [0.25, 0.3) is 0 Å². The summed E-state index contributed by atoms with van der Waals surface area (Å²) in [4.78, 5) is 0. The fraction of sp³-hybridized carbons (Fsp3) is 0.400. The van der Waals surface area contributed by atoms with Crippen molar-refractivity contribution in [2.24, 2.45) is 0 Å². The van der Waals surface area contributed by atoms with Crippen molar-refractivity contribution in [1.82, 2.24) is 0 Å². The molecule has 0 radical (unpaired) electrons. The first-order valence-corrected chi connectivity index (χ1v) is 6.43. The van der Waals surface area contributed by atoms with E-state index < -0.39 is 10.0 Å². The summed E-state index contributed by atoms with van der Waals surface area (Å²) in [6.45, 7) is 1.63. The van der Waals surface area contributed by atoms with Gasteiger partial charge in [-0.05, 0) is 12.5 Å². The number of aliphatic hydroxyl groups is 1. The van der Waals surface area contributed by atoms with E-state index >= 15 is 0 Å². The lowest BCUT2D eigenvalue weighted by atomic mass is 10.2. The molecule has 4 nitrogen and oxygen atoms in total. The molecule has 0 unspecified atom stereocenters. The van der Waals surface area contributed by atoms with E-state index in [1.165, 1.54) is 0 Å². The first-order chi connectivity index (χ1) is 7.09. The zero-order valence-electron chi connectivity index (χ0n) is 8.60. The van der Waals surface area contributed by atoms with Crippen molar-refractivity contribution in [3.63, 3.8) is 0 Å². The highest BCUT2D eigenvalue weighted by Crippen LogP contribution is 2.16. The van der Waals surface area contributed by atoms with E-state index in [4.69, 9.17) is 5.11 Å². The van der Waals surface area contributed by atoms with Crippen LogP contribution in [0, 0.1) is 0 Å². The fourth-order valence-electron chi connectivity index (χ4n) is 1.25. The molecule has 15 heavy (non-hydrogen) atoms. The maximum atomic E-state index is 11.5. The number of rotatable bonds is 5. The van der Waals surface area contributed by atoms with Crippen LogP contribution in [-0.4, -0.2) is 19.3 Å². The number of nitrogens with one attached hydrogen (secondary N) is 1. The molecule has 0 heterocycles. The standard InChI is InChI=1S/C10H15NO3S/c1-2-7-15(13,14)11-10-6-4-3-5-9(10)8-12/h3-6,11-12H,2,7-8H2,1H3. The summed E-state index contributed by atoms with van der Waals surface area (Å²) in [6, 6.07) is 6.80. The van der Waals surface area contributed by atoms with E-state index in [2.05, 4.69) is 4.72 Å². The third-order valence-corrected chi connectivity index (χ3v) is 3.40. The SMILES string of the molecule is CCCS(=O)(=O)Nc1ccccc1CO. The molecular weight excluding hydrogens is 214 g/mol. The molecule has 0 aliphatic rings. The van der Waals surface area contributed by atoms with Gasteiger partial charge in [-0.1, -0.05) is 25.1 Å². The smallest absolute Gasteiger partial charge is 0.232 e. The Balaban J connectivity index is 2.89. The molecule has 0 fully saturated rings. The minimum atomic E-state index is -3.28. The number of anilines is 1. The molecule has 1 aromatic carbocycles. The number of hydrogen-bond acceptors (Lipinski definition) is 3. The molecule has 0 aromatic heterocycles. The van der Waals surface area contributed by atoms with Gasteiger partial charge in [-0.2, -0.15) is 0 Å². The van der Waals surface area contributed by atoms with Crippen LogP contribution >= 0.6 is 0 Å². The first-order valence-electron chi connectivity index (χ1n) is 4.78. The maximum Gasteiger partial charge on any atom is 0.232 e. The lowest BCUT2D eigenvalue weighted by molar-refractivity contribution is 0.282. The van der Waals surface area contributed by atoms with Crippen LogP contribution in [0.1, 0.15) is 18.9 Å². The van der Waals surface area contributed by atoms with Crippen LogP contribution in [0.5, 0.6) is 0 Å². The van der Waals surface area contributed by atoms with Gasteiger partial charge >= 0.3 is 0 Å². The van der Waals surface area contributed by atoms with Gasteiger partial charge in [-0.25, -0.2) is 8.42 Å².